The van der Waals surface area contributed by atoms with Gasteiger partial charge in [-0.05, 0) is 59.2 Å². The van der Waals surface area contributed by atoms with Crippen molar-refractivity contribution in [3.63, 3.8) is 0 Å². The highest BCUT2D eigenvalue weighted by Gasteiger charge is 2.38. The molecule has 0 atom stereocenters. The van der Waals surface area contributed by atoms with Gasteiger partial charge in [0, 0.05) is 49.0 Å². The Morgan fingerprint density at radius 1 is 0.457 bits per heavy atom. The minimum absolute atomic E-state index is 0.120. The molecule has 9 aromatic rings. The van der Waals surface area contributed by atoms with Crippen molar-refractivity contribution in [1.82, 2.24) is 0 Å². The molecular weight excluding hydrogens is 562 g/mol. The molecule has 1 aliphatic carbocycles. The molecule has 0 aliphatic heterocycles. The van der Waals surface area contributed by atoms with Crippen molar-refractivity contribution in [3.8, 4) is 11.1 Å². The van der Waals surface area contributed by atoms with E-state index in [1.54, 1.807) is 0 Å². The first-order chi connectivity index (χ1) is 22.6. The van der Waals surface area contributed by atoms with E-state index in [4.69, 9.17) is 8.83 Å². The van der Waals surface area contributed by atoms with Gasteiger partial charge < -0.3 is 13.7 Å². The Morgan fingerprint density at radius 2 is 1.09 bits per heavy atom. The summed E-state index contributed by atoms with van der Waals surface area (Å²) in [4.78, 5) is 2.46. The van der Waals surface area contributed by atoms with Gasteiger partial charge in [-0.1, -0.05) is 111 Å². The number of furan rings is 2. The van der Waals surface area contributed by atoms with Crippen LogP contribution < -0.4 is 4.90 Å². The van der Waals surface area contributed by atoms with E-state index in [2.05, 4.69) is 140 Å². The smallest absolute Gasteiger partial charge is 0.143 e. The summed E-state index contributed by atoms with van der Waals surface area (Å²) in [6, 6.07) is 49.9. The molecule has 0 fully saturated rings. The van der Waals surface area contributed by atoms with Gasteiger partial charge in [-0.15, -0.1) is 0 Å². The van der Waals surface area contributed by atoms with Gasteiger partial charge in [0.2, 0.25) is 0 Å². The van der Waals surface area contributed by atoms with Crippen molar-refractivity contribution < 1.29 is 8.83 Å². The summed E-state index contributed by atoms with van der Waals surface area (Å²) in [7, 11) is 0. The van der Waals surface area contributed by atoms with Crippen molar-refractivity contribution in [2.75, 3.05) is 4.90 Å². The Hall–Kier alpha value is -5.80. The monoisotopic (exact) mass is 591 g/mol. The maximum absolute atomic E-state index is 6.52. The van der Waals surface area contributed by atoms with Crippen LogP contribution in [0.3, 0.4) is 0 Å². The van der Waals surface area contributed by atoms with Crippen LogP contribution in [0.1, 0.15) is 25.0 Å². The third-order valence-electron chi connectivity index (χ3n) is 10.0. The molecule has 0 unspecified atom stereocenters. The first kappa shape index (κ1) is 25.5. The molecule has 0 spiro atoms. The fourth-order valence-corrected chi connectivity index (χ4v) is 7.90. The summed E-state index contributed by atoms with van der Waals surface area (Å²) in [5.41, 5.74) is 12.1. The SMILES string of the molecule is CC1(C)c2ccccc2-c2c(N(c3ccc4oc5ccccc5c4c3)c3cc4c5ccccc5oc4c4ccccc34)cccc21. The molecule has 218 valence electrons. The van der Waals surface area contributed by atoms with E-state index in [0.717, 1.165) is 71.7 Å². The summed E-state index contributed by atoms with van der Waals surface area (Å²) in [5, 5.41) is 6.67. The van der Waals surface area contributed by atoms with Crippen LogP contribution in [0.4, 0.5) is 17.1 Å². The third kappa shape index (κ3) is 3.37. The summed E-state index contributed by atoms with van der Waals surface area (Å²) >= 11 is 0. The fraction of sp³-hybridized carbons (Fsp3) is 0.0698. The van der Waals surface area contributed by atoms with Crippen LogP contribution in [0, 0.1) is 0 Å². The van der Waals surface area contributed by atoms with Crippen LogP contribution >= 0.6 is 0 Å². The van der Waals surface area contributed by atoms with Crippen molar-refractivity contribution in [2.24, 2.45) is 0 Å². The quantitative estimate of drug-likeness (QED) is 0.205. The number of hydrogen-bond acceptors (Lipinski definition) is 3. The Morgan fingerprint density at radius 3 is 1.91 bits per heavy atom. The first-order valence-corrected chi connectivity index (χ1v) is 15.9. The Balaban J connectivity index is 1.35. The zero-order valence-corrected chi connectivity index (χ0v) is 25.5. The standard InChI is InChI=1S/C43H29NO2/c1-43(2)34-17-8-5-16-31(34)41-35(43)18-11-19-36(41)44(26-22-23-40-32(24-26)28-13-6-9-20-38(28)45-40)37-25-33-29-14-7-10-21-39(29)46-42(33)30-15-4-3-12-27(30)37/h3-25H,1-2H3. The van der Waals surface area contributed by atoms with Crippen LogP contribution in [0.25, 0.3) is 65.8 Å². The highest BCUT2D eigenvalue weighted by atomic mass is 16.3. The highest BCUT2D eigenvalue weighted by molar-refractivity contribution is 6.20. The van der Waals surface area contributed by atoms with E-state index in [9.17, 15) is 0 Å². The van der Waals surface area contributed by atoms with E-state index < -0.39 is 0 Å². The number of benzene rings is 7. The number of fused-ring (bicyclic) bond motifs is 11. The molecule has 10 rings (SSSR count). The van der Waals surface area contributed by atoms with Crippen LogP contribution in [-0.2, 0) is 5.41 Å². The molecule has 3 nitrogen and oxygen atoms in total. The van der Waals surface area contributed by atoms with E-state index in [0.29, 0.717) is 0 Å². The molecule has 1 aliphatic rings. The maximum Gasteiger partial charge on any atom is 0.143 e. The predicted molar refractivity (Wildman–Crippen MR) is 191 cm³/mol. The van der Waals surface area contributed by atoms with Crippen LogP contribution in [0.5, 0.6) is 0 Å². The summed E-state index contributed by atoms with van der Waals surface area (Å²) in [6.07, 6.45) is 0. The lowest BCUT2D eigenvalue weighted by atomic mass is 9.82. The maximum atomic E-state index is 6.52. The molecule has 0 saturated carbocycles. The predicted octanol–water partition coefficient (Wildman–Crippen LogP) is 12.4. The number of rotatable bonds is 3. The highest BCUT2D eigenvalue weighted by Crippen LogP contribution is 2.55. The number of hydrogen-bond donors (Lipinski definition) is 0. The molecule has 2 aromatic heterocycles. The zero-order valence-electron chi connectivity index (χ0n) is 25.5. The second-order valence-corrected chi connectivity index (χ2v) is 12.9. The molecule has 46 heavy (non-hydrogen) atoms. The van der Waals surface area contributed by atoms with Crippen LogP contribution in [0.15, 0.2) is 148 Å². The van der Waals surface area contributed by atoms with Gasteiger partial charge in [-0.2, -0.15) is 0 Å². The minimum Gasteiger partial charge on any atom is -0.456 e. The van der Waals surface area contributed by atoms with Crippen molar-refractivity contribution in [3.05, 3.63) is 151 Å². The average molecular weight is 592 g/mol. The Bertz CT molecular complexity index is 2690. The van der Waals surface area contributed by atoms with Crippen molar-refractivity contribution in [2.45, 2.75) is 19.3 Å². The van der Waals surface area contributed by atoms with Gasteiger partial charge in [-0.3, -0.25) is 0 Å². The van der Waals surface area contributed by atoms with Crippen LogP contribution in [-0.4, -0.2) is 0 Å². The molecule has 0 saturated heterocycles. The van der Waals surface area contributed by atoms with E-state index in [-0.39, 0.29) is 5.41 Å². The van der Waals surface area contributed by atoms with Crippen LogP contribution in [0.2, 0.25) is 0 Å². The Labute approximate surface area is 265 Å². The van der Waals surface area contributed by atoms with Gasteiger partial charge in [0.15, 0.2) is 0 Å². The van der Waals surface area contributed by atoms with Gasteiger partial charge in [0.05, 0.1) is 11.4 Å². The minimum atomic E-state index is -0.120. The van der Waals surface area contributed by atoms with Gasteiger partial charge in [-0.25, -0.2) is 0 Å². The Kier molecular flexibility index (Phi) is 5.06. The number of anilines is 3. The van der Waals surface area contributed by atoms with Gasteiger partial charge in [0.1, 0.15) is 22.3 Å². The van der Waals surface area contributed by atoms with E-state index >= 15 is 0 Å². The zero-order chi connectivity index (χ0) is 30.6. The fourth-order valence-electron chi connectivity index (χ4n) is 7.90. The number of nitrogens with zero attached hydrogens (tertiary/aromatic N) is 1. The largest absolute Gasteiger partial charge is 0.456 e. The lowest BCUT2D eigenvalue weighted by molar-refractivity contribution is 0.660. The molecule has 7 aromatic carbocycles. The summed E-state index contributed by atoms with van der Waals surface area (Å²) in [5.74, 6) is 0. The third-order valence-corrected chi connectivity index (χ3v) is 10.0. The van der Waals surface area contributed by atoms with Crippen molar-refractivity contribution >= 4 is 71.7 Å². The topological polar surface area (TPSA) is 29.5 Å². The average Bonchev–Trinajstić information content (AvgIpc) is 3.73. The molecule has 3 heteroatoms. The van der Waals surface area contributed by atoms with E-state index in [1.807, 2.05) is 18.2 Å². The lowest BCUT2D eigenvalue weighted by Gasteiger charge is -2.30. The second kappa shape index (κ2) is 9.12. The second-order valence-electron chi connectivity index (χ2n) is 12.9. The van der Waals surface area contributed by atoms with Crippen molar-refractivity contribution in [1.29, 1.82) is 0 Å². The molecule has 2 heterocycles. The summed E-state index contributed by atoms with van der Waals surface area (Å²) < 4.78 is 12.8. The molecule has 0 bridgehead atoms. The number of para-hydroxylation sites is 2. The molecule has 0 amide bonds. The summed E-state index contributed by atoms with van der Waals surface area (Å²) in [6.45, 7) is 4.68. The molecule has 0 N–H and O–H groups in total. The molecule has 0 radical (unpaired) electrons. The lowest BCUT2D eigenvalue weighted by Crippen LogP contribution is -2.16. The first-order valence-electron chi connectivity index (χ1n) is 15.9. The normalized spacial score (nSPS) is 13.6. The van der Waals surface area contributed by atoms with E-state index in [1.165, 1.54) is 22.3 Å². The molecular formula is C43H29NO2. The van der Waals surface area contributed by atoms with Gasteiger partial charge in [0.25, 0.3) is 0 Å². The van der Waals surface area contributed by atoms with Gasteiger partial charge >= 0.3 is 0 Å².